The molecule has 0 spiro atoms. The van der Waals surface area contributed by atoms with Crippen LogP contribution in [0.1, 0.15) is 20.8 Å². The van der Waals surface area contributed by atoms with Crippen molar-refractivity contribution < 1.29 is 18.7 Å². The maximum Gasteiger partial charge on any atom is 0.312 e. The van der Waals surface area contributed by atoms with Crippen molar-refractivity contribution >= 4 is 5.97 Å². The van der Waals surface area contributed by atoms with Gasteiger partial charge in [-0.25, -0.2) is 4.39 Å². The largest absolute Gasteiger partial charge is 0.490 e. The summed E-state index contributed by atoms with van der Waals surface area (Å²) >= 11 is 0. The Morgan fingerprint density at radius 3 is 2.44 bits per heavy atom. The highest BCUT2D eigenvalue weighted by Crippen LogP contribution is 2.28. The molecule has 100 valence electrons. The maximum atomic E-state index is 13.4. The van der Waals surface area contributed by atoms with Crippen LogP contribution in [0.5, 0.6) is 5.75 Å². The lowest BCUT2D eigenvalue weighted by Gasteiger charge is -2.28. The number of esters is 1. The Hall–Kier alpha value is -1.58. The van der Waals surface area contributed by atoms with E-state index >= 15 is 0 Å². The van der Waals surface area contributed by atoms with Crippen molar-refractivity contribution in [3.8, 4) is 5.75 Å². The highest BCUT2D eigenvalue weighted by atomic mass is 19.1. The molecule has 0 amide bonds. The summed E-state index contributed by atoms with van der Waals surface area (Å²) in [4.78, 5) is 11.7. The van der Waals surface area contributed by atoms with Crippen LogP contribution in [0, 0.1) is 17.2 Å². The first-order chi connectivity index (χ1) is 8.36. The molecule has 0 bridgehead atoms. The number of methoxy groups -OCH3 is 1. The summed E-state index contributed by atoms with van der Waals surface area (Å²) in [5.41, 5.74) is -0.307. The van der Waals surface area contributed by atoms with Gasteiger partial charge in [-0.3, -0.25) is 4.79 Å². The van der Waals surface area contributed by atoms with E-state index in [1.165, 1.54) is 19.2 Å². The molecule has 1 unspecified atom stereocenters. The van der Waals surface area contributed by atoms with Crippen LogP contribution in [0.4, 0.5) is 4.39 Å². The van der Waals surface area contributed by atoms with Gasteiger partial charge in [-0.15, -0.1) is 0 Å². The third-order valence-electron chi connectivity index (χ3n) is 2.77. The fraction of sp³-hybridized carbons (Fsp3) is 0.500. The minimum Gasteiger partial charge on any atom is -0.490 e. The van der Waals surface area contributed by atoms with E-state index < -0.39 is 11.7 Å². The second kappa shape index (κ2) is 5.85. The molecule has 0 aliphatic heterocycles. The predicted molar refractivity (Wildman–Crippen MR) is 66.9 cm³/mol. The molecule has 0 fully saturated rings. The fourth-order valence-electron chi connectivity index (χ4n) is 1.55. The van der Waals surface area contributed by atoms with Crippen LogP contribution >= 0.6 is 0 Å². The van der Waals surface area contributed by atoms with Gasteiger partial charge in [0.1, 0.15) is 6.61 Å². The Bertz CT molecular complexity index is 410. The number of para-hydroxylation sites is 1. The van der Waals surface area contributed by atoms with E-state index in [-0.39, 0.29) is 23.7 Å². The average Bonchev–Trinajstić information content (AvgIpc) is 2.29. The molecule has 0 saturated carbocycles. The Kier molecular flexibility index (Phi) is 4.70. The number of halogens is 1. The van der Waals surface area contributed by atoms with E-state index in [4.69, 9.17) is 9.47 Å². The van der Waals surface area contributed by atoms with Gasteiger partial charge in [0.25, 0.3) is 0 Å². The number of rotatable bonds is 4. The molecule has 4 heteroatoms. The Morgan fingerprint density at radius 2 is 1.94 bits per heavy atom. The summed E-state index contributed by atoms with van der Waals surface area (Å²) in [7, 11) is 1.34. The van der Waals surface area contributed by atoms with E-state index in [0.29, 0.717) is 0 Å². The van der Waals surface area contributed by atoms with Crippen molar-refractivity contribution in [3.05, 3.63) is 30.1 Å². The van der Waals surface area contributed by atoms with Crippen molar-refractivity contribution in [2.24, 2.45) is 11.3 Å². The quantitative estimate of drug-likeness (QED) is 0.775. The lowest BCUT2D eigenvalue weighted by Crippen LogP contribution is -2.34. The van der Waals surface area contributed by atoms with Crippen LogP contribution in [0.3, 0.4) is 0 Å². The number of hydrogen-bond acceptors (Lipinski definition) is 3. The van der Waals surface area contributed by atoms with Crippen LogP contribution in [0.2, 0.25) is 0 Å². The number of ether oxygens (including phenoxy) is 2. The third kappa shape index (κ3) is 3.72. The molecule has 0 radical (unpaired) electrons. The molecule has 0 aliphatic rings. The Labute approximate surface area is 107 Å². The van der Waals surface area contributed by atoms with Crippen LogP contribution in [-0.2, 0) is 9.53 Å². The minimum absolute atomic E-state index is 0.0944. The predicted octanol–water partition coefficient (Wildman–Crippen LogP) is 3.04. The normalized spacial score (nSPS) is 12.9. The standard InChI is InChI=1S/C14H19FO3/c1-14(2,3)10(13(16)17-4)9-18-12-8-6-5-7-11(12)15/h5-8,10H,9H2,1-4H3. The smallest absolute Gasteiger partial charge is 0.312 e. The average molecular weight is 254 g/mol. The zero-order valence-corrected chi connectivity index (χ0v) is 11.2. The van der Waals surface area contributed by atoms with Gasteiger partial charge in [-0.2, -0.15) is 0 Å². The van der Waals surface area contributed by atoms with Crippen LogP contribution < -0.4 is 4.74 Å². The molecule has 0 aliphatic carbocycles. The molecule has 0 aromatic heterocycles. The molecule has 1 aromatic carbocycles. The van der Waals surface area contributed by atoms with Crippen molar-refractivity contribution in [3.63, 3.8) is 0 Å². The van der Waals surface area contributed by atoms with Crippen LogP contribution in [0.15, 0.2) is 24.3 Å². The number of carbonyl (C=O) groups is 1. The van der Waals surface area contributed by atoms with E-state index in [0.717, 1.165) is 0 Å². The lowest BCUT2D eigenvalue weighted by molar-refractivity contribution is -0.150. The molecular weight excluding hydrogens is 235 g/mol. The summed E-state index contributed by atoms with van der Waals surface area (Å²) in [5, 5.41) is 0. The van der Waals surface area contributed by atoms with Crippen LogP contribution in [0.25, 0.3) is 0 Å². The zero-order chi connectivity index (χ0) is 13.8. The van der Waals surface area contributed by atoms with Crippen LogP contribution in [-0.4, -0.2) is 19.7 Å². The Morgan fingerprint density at radius 1 is 1.33 bits per heavy atom. The highest BCUT2D eigenvalue weighted by Gasteiger charge is 2.33. The molecule has 1 aromatic rings. The number of hydrogen-bond donors (Lipinski definition) is 0. The monoisotopic (exact) mass is 254 g/mol. The Balaban J connectivity index is 2.75. The summed E-state index contributed by atoms with van der Waals surface area (Å²) in [6, 6.07) is 6.12. The lowest BCUT2D eigenvalue weighted by atomic mass is 9.81. The van der Waals surface area contributed by atoms with Gasteiger partial charge in [0, 0.05) is 0 Å². The van der Waals surface area contributed by atoms with Crippen molar-refractivity contribution in [2.45, 2.75) is 20.8 Å². The van der Waals surface area contributed by atoms with E-state index in [9.17, 15) is 9.18 Å². The van der Waals surface area contributed by atoms with Gasteiger partial charge in [0.15, 0.2) is 11.6 Å². The van der Waals surface area contributed by atoms with Gasteiger partial charge >= 0.3 is 5.97 Å². The zero-order valence-electron chi connectivity index (χ0n) is 11.2. The van der Waals surface area contributed by atoms with Crippen molar-refractivity contribution in [1.82, 2.24) is 0 Å². The van der Waals surface area contributed by atoms with E-state index in [2.05, 4.69) is 0 Å². The van der Waals surface area contributed by atoms with Gasteiger partial charge in [-0.05, 0) is 17.5 Å². The topological polar surface area (TPSA) is 35.5 Å². The van der Waals surface area contributed by atoms with Crippen molar-refractivity contribution in [1.29, 1.82) is 0 Å². The first-order valence-corrected chi connectivity index (χ1v) is 5.81. The second-order valence-corrected chi connectivity index (χ2v) is 5.18. The number of carbonyl (C=O) groups excluding carboxylic acids is 1. The first kappa shape index (κ1) is 14.5. The van der Waals surface area contributed by atoms with Gasteiger partial charge in [-0.1, -0.05) is 32.9 Å². The molecule has 1 atom stereocenters. The summed E-state index contributed by atoms with van der Waals surface area (Å²) in [5.74, 6) is -1.08. The summed E-state index contributed by atoms with van der Waals surface area (Å²) in [6.45, 7) is 5.84. The molecule has 0 N–H and O–H groups in total. The van der Waals surface area contributed by atoms with Gasteiger partial charge < -0.3 is 9.47 Å². The minimum atomic E-state index is -0.442. The number of benzene rings is 1. The summed E-state index contributed by atoms with van der Waals surface area (Å²) < 4.78 is 23.5. The van der Waals surface area contributed by atoms with Gasteiger partial charge in [0.2, 0.25) is 0 Å². The molecule has 0 saturated heterocycles. The molecule has 18 heavy (non-hydrogen) atoms. The highest BCUT2D eigenvalue weighted by molar-refractivity contribution is 5.73. The molecule has 0 heterocycles. The molecular formula is C14H19FO3. The summed E-state index contributed by atoms with van der Waals surface area (Å²) in [6.07, 6.45) is 0. The van der Waals surface area contributed by atoms with Crippen molar-refractivity contribution in [2.75, 3.05) is 13.7 Å². The molecule has 1 rings (SSSR count). The SMILES string of the molecule is COC(=O)C(COc1ccccc1F)C(C)(C)C. The third-order valence-corrected chi connectivity index (χ3v) is 2.77. The van der Waals surface area contributed by atoms with E-state index in [1.807, 2.05) is 20.8 Å². The molecule has 3 nitrogen and oxygen atoms in total. The first-order valence-electron chi connectivity index (χ1n) is 5.81. The second-order valence-electron chi connectivity index (χ2n) is 5.18. The van der Waals surface area contributed by atoms with Gasteiger partial charge in [0.05, 0.1) is 13.0 Å². The maximum absolute atomic E-state index is 13.4. The van der Waals surface area contributed by atoms with E-state index in [1.54, 1.807) is 12.1 Å². The fourth-order valence-corrected chi connectivity index (χ4v) is 1.55.